The van der Waals surface area contributed by atoms with Crippen LogP contribution in [-0.4, -0.2) is 38.3 Å². The van der Waals surface area contributed by atoms with Gasteiger partial charge in [0.2, 0.25) is 5.91 Å². The number of rotatable bonds is 4. The smallest absolute Gasteiger partial charge is 0.250 e. The fourth-order valence-electron chi connectivity index (χ4n) is 1.27. The molecule has 82 valence electrons. The van der Waals surface area contributed by atoms with Crippen molar-refractivity contribution >= 4 is 5.91 Å². The van der Waals surface area contributed by atoms with Crippen LogP contribution in [0.15, 0.2) is 0 Å². The molecule has 1 rings (SSSR count). The molecular formula is C10H20N2O2. The Balaban J connectivity index is 2.19. The van der Waals surface area contributed by atoms with Crippen LogP contribution in [0.2, 0.25) is 0 Å². The van der Waals surface area contributed by atoms with Crippen LogP contribution in [0.1, 0.15) is 20.3 Å². The molecule has 0 spiro atoms. The number of ether oxygens (including phenoxy) is 1. The normalized spacial score (nSPS) is 24.3. The Morgan fingerprint density at radius 3 is 3.07 bits per heavy atom. The Labute approximate surface area is 85.4 Å². The first-order valence-electron chi connectivity index (χ1n) is 5.34. The Kier molecular flexibility index (Phi) is 4.90. The van der Waals surface area contributed by atoms with Gasteiger partial charge in [-0.15, -0.1) is 0 Å². The first kappa shape index (κ1) is 11.5. The molecule has 1 aliphatic rings. The van der Waals surface area contributed by atoms with E-state index in [9.17, 15) is 4.79 Å². The lowest BCUT2D eigenvalue weighted by atomic mass is 10.1. The van der Waals surface area contributed by atoms with Gasteiger partial charge in [-0.3, -0.25) is 4.79 Å². The van der Waals surface area contributed by atoms with Crippen molar-refractivity contribution in [1.29, 1.82) is 0 Å². The minimum atomic E-state index is -0.298. The standard InChI is InChI=1S/C10H20N2O2/c1-3-8(2)6-12-10(13)9-7-11-4-5-14-9/h8-9,11H,3-7H2,1-2H3,(H,12,13). The van der Waals surface area contributed by atoms with E-state index in [4.69, 9.17) is 4.74 Å². The zero-order chi connectivity index (χ0) is 10.4. The van der Waals surface area contributed by atoms with Crippen molar-refractivity contribution in [2.24, 2.45) is 5.92 Å². The van der Waals surface area contributed by atoms with Crippen LogP contribution >= 0.6 is 0 Å². The molecule has 2 N–H and O–H groups in total. The molecule has 0 saturated carbocycles. The highest BCUT2D eigenvalue weighted by Crippen LogP contribution is 1.99. The van der Waals surface area contributed by atoms with E-state index < -0.39 is 0 Å². The van der Waals surface area contributed by atoms with E-state index in [1.807, 2.05) is 0 Å². The highest BCUT2D eigenvalue weighted by molar-refractivity contribution is 5.81. The van der Waals surface area contributed by atoms with Crippen molar-refractivity contribution in [1.82, 2.24) is 10.6 Å². The highest BCUT2D eigenvalue weighted by Gasteiger charge is 2.21. The summed E-state index contributed by atoms with van der Waals surface area (Å²) in [7, 11) is 0. The molecule has 0 radical (unpaired) electrons. The third-order valence-electron chi connectivity index (χ3n) is 2.54. The van der Waals surface area contributed by atoms with Crippen LogP contribution in [0.25, 0.3) is 0 Å². The van der Waals surface area contributed by atoms with E-state index in [1.165, 1.54) is 0 Å². The van der Waals surface area contributed by atoms with Crippen molar-refractivity contribution in [3.05, 3.63) is 0 Å². The van der Waals surface area contributed by atoms with Gasteiger partial charge in [0.25, 0.3) is 0 Å². The predicted molar refractivity (Wildman–Crippen MR) is 55.1 cm³/mol. The monoisotopic (exact) mass is 200 g/mol. The van der Waals surface area contributed by atoms with E-state index in [1.54, 1.807) is 0 Å². The summed E-state index contributed by atoms with van der Waals surface area (Å²) in [5, 5.41) is 6.03. The molecule has 4 nitrogen and oxygen atoms in total. The summed E-state index contributed by atoms with van der Waals surface area (Å²) in [5.74, 6) is 0.549. The summed E-state index contributed by atoms with van der Waals surface area (Å²) >= 11 is 0. The minimum absolute atomic E-state index is 0.0116. The average molecular weight is 200 g/mol. The Bertz CT molecular complexity index is 179. The van der Waals surface area contributed by atoms with Gasteiger partial charge in [-0.1, -0.05) is 20.3 Å². The third-order valence-corrected chi connectivity index (χ3v) is 2.54. The van der Waals surface area contributed by atoms with E-state index in [2.05, 4.69) is 24.5 Å². The van der Waals surface area contributed by atoms with Crippen LogP contribution in [0, 0.1) is 5.92 Å². The SMILES string of the molecule is CCC(C)CNC(=O)C1CNCCO1. The maximum absolute atomic E-state index is 11.5. The molecule has 0 aromatic carbocycles. The van der Waals surface area contributed by atoms with Gasteiger partial charge in [0.1, 0.15) is 6.10 Å². The van der Waals surface area contributed by atoms with Crippen LogP contribution < -0.4 is 10.6 Å². The summed E-state index contributed by atoms with van der Waals surface area (Å²) in [6.07, 6.45) is 0.789. The molecule has 1 aliphatic heterocycles. The maximum Gasteiger partial charge on any atom is 0.250 e. The topological polar surface area (TPSA) is 50.4 Å². The van der Waals surface area contributed by atoms with Gasteiger partial charge in [0, 0.05) is 19.6 Å². The van der Waals surface area contributed by atoms with E-state index >= 15 is 0 Å². The molecule has 1 amide bonds. The number of hydrogen-bond acceptors (Lipinski definition) is 3. The lowest BCUT2D eigenvalue weighted by molar-refractivity contribution is -0.134. The minimum Gasteiger partial charge on any atom is -0.366 e. The quantitative estimate of drug-likeness (QED) is 0.678. The molecular weight excluding hydrogens is 180 g/mol. The summed E-state index contributed by atoms with van der Waals surface area (Å²) < 4.78 is 5.33. The lowest BCUT2D eigenvalue weighted by Gasteiger charge is -2.23. The number of nitrogens with one attached hydrogen (secondary N) is 2. The maximum atomic E-state index is 11.5. The predicted octanol–water partition coefficient (Wildman–Crippen LogP) is 0.137. The van der Waals surface area contributed by atoms with Crippen LogP contribution in [0.5, 0.6) is 0 Å². The largest absolute Gasteiger partial charge is 0.366 e. The van der Waals surface area contributed by atoms with E-state index in [-0.39, 0.29) is 12.0 Å². The Morgan fingerprint density at radius 1 is 1.71 bits per heavy atom. The van der Waals surface area contributed by atoms with Crippen LogP contribution in [0.3, 0.4) is 0 Å². The van der Waals surface area contributed by atoms with Gasteiger partial charge < -0.3 is 15.4 Å². The lowest BCUT2D eigenvalue weighted by Crippen LogP contribution is -2.48. The summed E-state index contributed by atoms with van der Waals surface area (Å²) in [4.78, 5) is 11.5. The molecule has 2 atom stereocenters. The van der Waals surface area contributed by atoms with Crippen molar-refractivity contribution < 1.29 is 9.53 Å². The molecule has 2 unspecified atom stereocenters. The second-order valence-corrected chi connectivity index (χ2v) is 3.82. The van der Waals surface area contributed by atoms with Gasteiger partial charge in [0.05, 0.1) is 6.61 Å². The Morgan fingerprint density at radius 2 is 2.50 bits per heavy atom. The second kappa shape index (κ2) is 5.98. The second-order valence-electron chi connectivity index (χ2n) is 3.82. The van der Waals surface area contributed by atoms with Gasteiger partial charge in [0.15, 0.2) is 0 Å². The Hall–Kier alpha value is -0.610. The van der Waals surface area contributed by atoms with E-state index in [0.717, 1.165) is 19.5 Å². The first-order valence-corrected chi connectivity index (χ1v) is 5.34. The van der Waals surface area contributed by atoms with Crippen LogP contribution in [0.4, 0.5) is 0 Å². The fourth-order valence-corrected chi connectivity index (χ4v) is 1.27. The fraction of sp³-hybridized carbons (Fsp3) is 0.900. The molecule has 0 bridgehead atoms. The summed E-state index contributed by atoms with van der Waals surface area (Å²) in [6, 6.07) is 0. The average Bonchev–Trinajstić information content (AvgIpc) is 2.26. The molecule has 4 heteroatoms. The number of carbonyl (C=O) groups is 1. The van der Waals surface area contributed by atoms with Crippen molar-refractivity contribution in [3.63, 3.8) is 0 Å². The molecule has 1 saturated heterocycles. The highest BCUT2D eigenvalue weighted by atomic mass is 16.5. The van der Waals surface area contributed by atoms with E-state index in [0.29, 0.717) is 19.1 Å². The van der Waals surface area contributed by atoms with Gasteiger partial charge in [-0.2, -0.15) is 0 Å². The summed E-state index contributed by atoms with van der Waals surface area (Å²) in [6.45, 7) is 7.09. The van der Waals surface area contributed by atoms with Crippen molar-refractivity contribution in [2.45, 2.75) is 26.4 Å². The number of carbonyl (C=O) groups excluding carboxylic acids is 1. The van der Waals surface area contributed by atoms with Crippen molar-refractivity contribution in [3.8, 4) is 0 Å². The number of morpholine rings is 1. The van der Waals surface area contributed by atoms with Gasteiger partial charge >= 0.3 is 0 Å². The zero-order valence-corrected chi connectivity index (χ0v) is 9.01. The number of hydrogen-bond donors (Lipinski definition) is 2. The van der Waals surface area contributed by atoms with Crippen molar-refractivity contribution in [2.75, 3.05) is 26.2 Å². The molecule has 14 heavy (non-hydrogen) atoms. The van der Waals surface area contributed by atoms with Gasteiger partial charge in [-0.05, 0) is 5.92 Å². The molecule has 1 fully saturated rings. The molecule has 1 heterocycles. The van der Waals surface area contributed by atoms with Gasteiger partial charge in [-0.25, -0.2) is 0 Å². The number of amides is 1. The molecule has 0 aromatic heterocycles. The first-order chi connectivity index (χ1) is 6.74. The third kappa shape index (κ3) is 3.64. The molecule has 0 aliphatic carbocycles. The van der Waals surface area contributed by atoms with Crippen LogP contribution in [-0.2, 0) is 9.53 Å². The summed E-state index contributed by atoms with van der Waals surface area (Å²) in [5.41, 5.74) is 0. The zero-order valence-electron chi connectivity index (χ0n) is 9.01. The molecule has 0 aromatic rings.